The number of benzene rings is 1. The summed E-state index contributed by atoms with van der Waals surface area (Å²) in [5, 5.41) is 13.4. The van der Waals surface area contributed by atoms with E-state index >= 15 is 0 Å². The first-order valence-electron chi connectivity index (χ1n) is 5.59. The Labute approximate surface area is 114 Å². The lowest BCUT2D eigenvalue weighted by atomic mass is 10.1. The Morgan fingerprint density at radius 2 is 1.95 bits per heavy atom. The normalized spacial score (nSPS) is 10.6. The van der Waals surface area contributed by atoms with Crippen molar-refractivity contribution in [1.82, 2.24) is 9.78 Å². The second-order valence-corrected chi connectivity index (χ2v) is 4.47. The zero-order valence-electron chi connectivity index (χ0n) is 10.0. The molecule has 0 aliphatic rings. The number of nitrogens with two attached hydrogens (primary N) is 2. The number of anilines is 2. The summed E-state index contributed by atoms with van der Waals surface area (Å²) >= 11 is 5.81. The van der Waals surface area contributed by atoms with Gasteiger partial charge < -0.3 is 16.6 Å². The fraction of sp³-hybridized carbons (Fsp3) is 0.167. The van der Waals surface area contributed by atoms with Gasteiger partial charge in [-0.1, -0.05) is 11.6 Å². The number of nitrogen functional groups attached to an aromatic ring is 2. The van der Waals surface area contributed by atoms with E-state index in [0.717, 1.165) is 5.69 Å². The molecule has 2 rings (SSSR count). The van der Waals surface area contributed by atoms with Crippen LogP contribution in [-0.2, 0) is 11.2 Å². The van der Waals surface area contributed by atoms with E-state index in [-0.39, 0.29) is 18.7 Å². The predicted octanol–water partition coefficient (Wildman–Crippen LogP) is 1.71. The van der Waals surface area contributed by atoms with Crippen molar-refractivity contribution in [3.05, 3.63) is 34.9 Å². The average molecular weight is 281 g/mol. The van der Waals surface area contributed by atoms with Gasteiger partial charge in [0.2, 0.25) is 0 Å². The number of aliphatic carboxylic acids is 1. The molecule has 2 aromatic rings. The van der Waals surface area contributed by atoms with Gasteiger partial charge >= 0.3 is 5.97 Å². The summed E-state index contributed by atoms with van der Waals surface area (Å²) in [6.45, 7) is 0. The highest BCUT2D eigenvalue weighted by atomic mass is 35.5. The van der Waals surface area contributed by atoms with Crippen molar-refractivity contribution in [1.29, 1.82) is 0 Å². The van der Waals surface area contributed by atoms with Crippen molar-refractivity contribution < 1.29 is 9.90 Å². The van der Waals surface area contributed by atoms with E-state index in [0.29, 0.717) is 16.4 Å². The minimum atomic E-state index is -0.905. The lowest BCUT2D eigenvalue weighted by Gasteiger charge is -2.04. The zero-order valence-corrected chi connectivity index (χ0v) is 10.8. The van der Waals surface area contributed by atoms with Gasteiger partial charge in [-0.05, 0) is 30.7 Å². The number of carboxylic acid groups (broad SMARTS) is 1. The van der Waals surface area contributed by atoms with E-state index in [1.54, 1.807) is 24.3 Å². The minimum Gasteiger partial charge on any atom is -0.481 e. The Kier molecular flexibility index (Phi) is 3.62. The van der Waals surface area contributed by atoms with Gasteiger partial charge in [0.1, 0.15) is 5.82 Å². The number of nitrogens with zero attached hydrogens (tertiary/aromatic N) is 2. The van der Waals surface area contributed by atoms with Gasteiger partial charge in [-0.15, -0.1) is 5.10 Å². The third-order valence-electron chi connectivity index (χ3n) is 2.71. The van der Waals surface area contributed by atoms with Crippen molar-refractivity contribution in [3.63, 3.8) is 0 Å². The molecule has 0 aliphatic heterocycles. The number of hydrogen-bond donors (Lipinski definition) is 3. The highest BCUT2D eigenvalue weighted by Gasteiger charge is 2.15. The van der Waals surface area contributed by atoms with E-state index in [9.17, 15) is 4.79 Å². The third-order valence-corrected chi connectivity index (χ3v) is 2.97. The predicted molar refractivity (Wildman–Crippen MR) is 73.4 cm³/mol. The maximum Gasteiger partial charge on any atom is 0.303 e. The summed E-state index contributed by atoms with van der Waals surface area (Å²) in [7, 11) is 0. The second-order valence-electron chi connectivity index (χ2n) is 4.03. The van der Waals surface area contributed by atoms with Crippen LogP contribution < -0.4 is 11.5 Å². The summed E-state index contributed by atoms with van der Waals surface area (Å²) in [6, 6.07) is 6.94. The molecule has 0 unspecified atom stereocenters. The van der Waals surface area contributed by atoms with E-state index in [4.69, 9.17) is 28.2 Å². The van der Waals surface area contributed by atoms with Crippen LogP contribution in [-0.4, -0.2) is 20.9 Å². The zero-order chi connectivity index (χ0) is 14.0. The van der Waals surface area contributed by atoms with Crippen LogP contribution in [0.5, 0.6) is 0 Å². The number of carboxylic acids is 1. The standard InChI is InChI=1S/C12H13ClN4O2/c13-7-1-3-8(4-2-7)17-12(15)9(11(14)16-17)5-6-10(18)19/h1-4H,5-6,15H2,(H2,14,16)(H,18,19). The summed E-state index contributed by atoms with van der Waals surface area (Å²) in [4.78, 5) is 10.6. The molecule has 0 saturated heterocycles. The van der Waals surface area contributed by atoms with Crippen LogP contribution in [0.15, 0.2) is 24.3 Å². The number of halogens is 1. The van der Waals surface area contributed by atoms with Crippen LogP contribution in [0.2, 0.25) is 5.02 Å². The van der Waals surface area contributed by atoms with Crippen LogP contribution in [0.1, 0.15) is 12.0 Å². The number of carbonyl (C=O) groups is 1. The lowest BCUT2D eigenvalue weighted by molar-refractivity contribution is -0.136. The molecule has 0 radical (unpaired) electrons. The molecule has 1 heterocycles. The van der Waals surface area contributed by atoms with Crippen LogP contribution >= 0.6 is 11.6 Å². The Hall–Kier alpha value is -2.21. The summed E-state index contributed by atoms with van der Waals surface area (Å²) in [5.74, 6) is -0.312. The number of hydrogen-bond acceptors (Lipinski definition) is 4. The summed E-state index contributed by atoms with van der Waals surface area (Å²) in [5.41, 5.74) is 13.0. The first kappa shape index (κ1) is 13.2. The van der Waals surface area contributed by atoms with Crippen molar-refractivity contribution >= 4 is 29.2 Å². The van der Waals surface area contributed by atoms with Gasteiger partial charge in [-0.25, -0.2) is 4.68 Å². The van der Waals surface area contributed by atoms with Gasteiger partial charge in [0.05, 0.1) is 5.69 Å². The SMILES string of the molecule is Nc1nn(-c2ccc(Cl)cc2)c(N)c1CCC(=O)O. The number of rotatable bonds is 4. The van der Waals surface area contributed by atoms with Gasteiger partial charge in [-0.2, -0.15) is 0 Å². The molecule has 0 saturated carbocycles. The Bertz CT molecular complexity index is 607. The van der Waals surface area contributed by atoms with E-state index < -0.39 is 5.97 Å². The van der Waals surface area contributed by atoms with Gasteiger partial charge in [-0.3, -0.25) is 4.79 Å². The molecule has 7 heteroatoms. The molecule has 1 aromatic carbocycles. The molecule has 0 atom stereocenters. The quantitative estimate of drug-likeness (QED) is 0.790. The van der Waals surface area contributed by atoms with Gasteiger partial charge in [0.25, 0.3) is 0 Å². The topological polar surface area (TPSA) is 107 Å². The second kappa shape index (κ2) is 5.19. The van der Waals surface area contributed by atoms with Crippen molar-refractivity contribution in [2.24, 2.45) is 0 Å². The fourth-order valence-electron chi connectivity index (χ4n) is 1.75. The Balaban J connectivity index is 2.35. The Morgan fingerprint density at radius 1 is 1.32 bits per heavy atom. The van der Waals surface area contributed by atoms with Gasteiger partial charge in [0.15, 0.2) is 5.82 Å². The molecular weight excluding hydrogens is 268 g/mol. The molecule has 5 N–H and O–H groups in total. The molecule has 0 spiro atoms. The van der Waals surface area contributed by atoms with Crippen LogP contribution in [0.3, 0.4) is 0 Å². The van der Waals surface area contributed by atoms with Crippen LogP contribution in [0, 0.1) is 0 Å². The van der Waals surface area contributed by atoms with E-state index in [1.165, 1.54) is 4.68 Å². The van der Waals surface area contributed by atoms with E-state index in [2.05, 4.69) is 5.10 Å². The molecule has 19 heavy (non-hydrogen) atoms. The third kappa shape index (κ3) is 2.79. The number of aromatic nitrogens is 2. The maximum atomic E-state index is 10.6. The fourth-order valence-corrected chi connectivity index (χ4v) is 1.87. The highest BCUT2D eigenvalue weighted by molar-refractivity contribution is 6.30. The van der Waals surface area contributed by atoms with Crippen molar-refractivity contribution in [3.8, 4) is 5.69 Å². The van der Waals surface area contributed by atoms with Crippen LogP contribution in [0.25, 0.3) is 5.69 Å². The molecule has 1 aromatic heterocycles. The molecule has 6 nitrogen and oxygen atoms in total. The first-order chi connectivity index (χ1) is 8.99. The molecular formula is C12H13ClN4O2. The van der Waals surface area contributed by atoms with E-state index in [1.807, 2.05) is 0 Å². The molecule has 0 amide bonds. The molecule has 0 fully saturated rings. The monoisotopic (exact) mass is 280 g/mol. The lowest BCUT2D eigenvalue weighted by Crippen LogP contribution is -2.04. The molecule has 0 bridgehead atoms. The Morgan fingerprint density at radius 3 is 2.53 bits per heavy atom. The van der Waals surface area contributed by atoms with Crippen molar-refractivity contribution in [2.75, 3.05) is 11.5 Å². The largest absolute Gasteiger partial charge is 0.481 e. The van der Waals surface area contributed by atoms with Crippen LogP contribution in [0.4, 0.5) is 11.6 Å². The smallest absolute Gasteiger partial charge is 0.303 e. The summed E-state index contributed by atoms with van der Waals surface area (Å²) < 4.78 is 1.48. The summed E-state index contributed by atoms with van der Waals surface area (Å²) in [6.07, 6.45) is 0.210. The molecule has 100 valence electrons. The highest BCUT2D eigenvalue weighted by Crippen LogP contribution is 2.24. The average Bonchev–Trinajstić information content (AvgIpc) is 2.63. The molecule has 0 aliphatic carbocycles. The first-order valence-corrected chi connectivity index (χ1v) is 5.97. The van der Waals surface area contributed by atoms with Crippen molar-refractivity contribution in [2.45, 2.75) is 12.8 Å². The maximum absolute atomic E-state index is 10.6. The minimum absolute atomic E-state index is 0.0410. The van der Waals surface area contributed by atoms with Gasteiger partial charge in [0, 0.05) is 17.0 Å².